The first-order chi connectivity index (χ1) is 8.54. The van der Waals surface area contributed by atoms with Gasteiger partial charge in [-0.25, -0.2) is 13.8 Å². The number of carbonyl (C=O) groups excluding carboxylic acids is 1. The predicted molar refractivity (Wildman–Crippen MR) is 66.2 cm³/mol. The summed E-state index contributed by atoms with van der Waals surface area (Å²) in [4.78, 5) is 15.7. The molecule has 0 aliphatic carbocycles. The summed E-state index contributed by atoms with van der Waals surface area (Å²) in [6.45, 7) is 0. The van der Waals surface area contributed by atoms with E-state index in [2.05, 4.69) is 26.2 Å². The Morgan fingerprint density at radius 1 is 1.17 bits per heavy atom. The second kappa shape index (κ2) is 5.22. The normalized spacial score (nSPS) is 10.2. The lowest BCUT2D eigenvalue weighted by molar-refractivity contribution is 0.102. The molecule has 0 atom stereocenters. The molecule has 1 N–H and O–H groups in total. The summed E-state index contributed by atoms with van der Waals surface area (Å²) >= 11 is 3.13. The topological polar surface area (TPSA) is 42.0 Å². The van der Waals surface area contributed by atoms with Crippen LogP contribution in [0.4, 0.5) is 14.5 Å². The minimum Gasteiger partial charge on any atom is -0.320 e. The fourth-order valence-corrected chi connectivity index (χ4v) is 1.70. The Bertz CT molecular complexity index is 584. The maximum absolute atomic E-state index is 12.9. The van der Waals surface area contributed by atoms with Crippen LogP contribution in [0.1, 0.15) is 10.5 Å². The molecule has 92 valence electrons. The molecule has 2 rings (SSSR count). The van der Waals surface area contributed by atoms with Gasteiger partial charge in [-0.05, 0) is 40.2 Å². The quantitative estimate of drug-likeness (QED) is 0.864. The third-order valence-electron chi connectivity index (χ3n) is 2.07. The van der Waals surface area contributed by atoms with E-state index in [1.165, 1.54) is 6.07 Å². The number of pyridine rings is 1. The number of carbonyl (C=O) groups is 1. The zero-order chi connectivity index (χ0) is 13.1. The minimum absolute atomic E-state index is 0.0410. The van der Waals surface area contributed by atoms with Crippen molar-refractivity contribution < 1.29 is 13.6 Å². The number of hydrogen-bond donors (Lipinski definition) is 1. The monoisotopic (exact) mass is 312 g/mol. The highest BCUT2D eigenvalue weighted by atomic mass is 79.9. The van der Waals surface area contributed by atoms with Crippen molar-refractivity contribution in [3.8, 4) is 0 Å². The molecule has 3 nitrogen and oxygen atoms in total. The Morgan fingerprint density at radius 2 is 1.83 bits per heavy atom. The molecule has 1 amide bonds. The van der Waals surface area contributed by atoms with Crippen molar-refractivity contribution in [3.63, 3.8) is 0 Å². The zero-order valence-electron chi connectivity index (χ0n) is 8.95. The van der Waals surface area contributed by atoms with Gasteiger partial charge < -0.3 is 5.32 Å². The highest BCUT2D eigenvalue weighted by Crippen LogP contribution is 2.14. The average Bonchev–Trinajstić information content (AvgIpc) is 2.27. The molecule has 0 bridgehead atoms. The van der Waals surface area contributed by atoms with Gasteiger partial charge in [-0.15, -0.1) is 0 Å². The molecule has 18 heavy (non-hydrogen) atoms. The van der Waals surface area contributed by atoms with Crippen molar-refractivity contribution in [2.75, 3.05) is 5.32 Å². The fraction of sp³-hybridized carbons (Fsp3) is 0. The molecular weight excluding hydrogens is 306 g/mol. The molecule has 1 aromatic carbocycles. The van der Waals surface area contributed by atoms with Crippen molar-refractivity contribution in [1.82, 2.24) is 4.98 Å². The number of rotatable bonds is 2. The Kier molecular flexibility index (Phi) is 3.66. The number of hydrogen-bond acceptors (Lipinski definition) is 2. The van der Waals surface area contributed by atoms with Crippen LogP contribution in [-0.4, -0.2) is 10.9 Å². The fourth-order valence-electron chi connectivity index (χ4n) is 1.36. The average molecular weight is 313 g/mol. The molecule has 2 aromatic rings. The molecule has 0 radical (unpaired) electrons. The van der Waals surface area contributed by atoms with E-state index >= 15 is 0 Å². The zero-order valence-corrected chi connectivity index (χ0v) is 10.5. The maximum atomic E-state index is 12.9. The molecule has 0 unspecified atom stereocenters. The van der Waals surface area contributed by atoms with Gasteiger partial charge in [-0.1, -0.05) is 6.07 Å². The van der Waals surface area contributed by atoms with Crippen LogP contribution < -0.4 is 5.32 Å². The van der Waals surface area contributed by atoms with Crippen LogP contribution in [0.3, 0.4) is 0 Å². The van der Waals surface area contributed by atoms with Gasteiger partial charge in [0.2, 0.25) is 0 Å². The van der Waals surface area contributed by atoms with Crippen molar-refractivity contribution in [3.05, 3.63) is 58.3 Å². The second-order valence-corrected chi connectivity index (χ2v) is 4.27. The Labute approximate surface area is 110 Å². The number of nitrogens with one attached hydrogen (secondary N) is 1. The molecule has 1 aromatic heterocycles. The lowest BCUT2D eigenvalue weighted by Crippen LogP contribution is -2.13. The van der Waals surface area contributed by atoms with Crippen LogP contribution in [-0.2, 0) is 0 Å². The highest BCUT2D eigenvalue weighted by Gasteiger charge is 2.09. The van der Waals surface area contributed by atoms with Gasteiger partial charge in [0, 0.05) is 11.8 Å². The lowest BCUT2D eigenvalue weighted by atomic mass is 10.2. The van der Waals surface area contributed by atoms with E-state index in [0.717, 1.165) is 18.2 Å². The first-order valence-electron chi connectivity index (χ1n) is 4.94. The molecule has 0 saturated heterocycles. The van der Waals surface area contributed by atoms with Gasteiger partial charge in [0.1, 0.15) is 21.9 Å². The predicted octanol–water partition coefficient (Wildman–Crippen LogP) is 3.37. The highest BCUT2D eigenvalue weighted by molar-refractivity contribution is 9.10. The smallest absolute Gasteiger partial charge is 0.274 e. The Hall–Kier alpha value is -1.82. The van der Waals surface area contributed by atoms with E-state index in [1.807, 2.05) is 0 Å². The summed E-state index contributed by atoms with van der Waals surface area (Å²) in [5.74, 6) is -2.05. The largest absolute Gasteiger partial charge is 0.320 e. The van der Waals surface area contributed by atoms with Crippen molar-refractivity contribution in [2.45, 2.75) is 0 Å². The number of nitrogens with zero attached hydrogens (tertiary/aromatic N) is 1. The van der Waals surface area contributed by atoms with Gasteiger partial charge in [0.25, 0.3) is 5.91 Å². The molecule has 0 aliphatic heterocycles. The number of aromatic nitrogens is 1. The molecule has 0 spiro atoms. The Morgan fingerprint density at radius 3 is 2.44 bits per heavy atom. The van der Waals surface area contributed by atoms with Crippen LogP contribution >= 0.6 is 15.9 Å². The Balaban J connectivity index is 2.21. The summed E-state index contributed by atoms with van der Waals surface area (Å²) in [5, 5.41) is 2.36. The molecule has 1 heterocycles. The minimum atomic E-state index is -0.757. The number of anilines is 1. The van der Waals surface area contributed by atoms with Crippen molar-refractivity contribution >= 4 is 27.5 Å². The first-order valence-corrected chi connectivity index (χ1v) is 5.74. The van der Waals surface area contributed by atoms with Crippen LogP contribution in [0.5, 0.6) is 0 Å². The summed E-state index contributed by atoms with van der Waals surface area (Å²) < 4.78 is 26.4. The van der Waals surface area contributed by atoms with E-state index in [1.54, 1.807) is 12.1 Å². The number of benzene rings is 1. The summed E-state index contributed by atoms with van der Waals surface area (Å²) in [5.41, 5.74) is 0.188. The van der Waals surface area contributed by atoms with E-state index in [4.69, 9.17) is 0 Å². The molecule has 0 saturated carbocycles. The van der Waals surface area contributed by atoms with E-state index < -0.39 is 17.5 Å². The summed E-state index contributed by atoms with van der Waals surface area (Å²) in [6, 6.07) is 7.58. The summed E-state index contributed by atoms with van der Waals surface area (Å²) in [6.07, 6.45) is 0. The molecule has 0 aliphatic rings. The van der Waals surface area contributed by atoms with Crippen LogP contribution in [0, 0.1) is 11.6 Å². The second-order valence-electron chi connectivity index (χ2n) is 3.46. The molecular formula is C12H7BrF2N2O. The van der Waals surface area contributed by atoms with E-state index in [0.29, 0.717) is 4.60 Å². The summed E-state index contributed by atoms with van der Waals surface area (Å²) in [7, 11) is 0. The number of amides is 1. The third-order valence-corrected chi connectivity index (χ3v) is 2.51. The first kappa shape index (κ1) is 12.6. The van der Waals surface area contributed by atoms with Crippen LogP contribution in [0.25, 0.3) is 0 Å². The van der Waals surface area contributed by atoms with Gasteiger partial charge >= 0.3 is 0 Å². The standard InChI is InChI=1S/C12H7BrF2N2O/c13-11-3-1-2-10(17-11)12(18)16-9-5-7(14)4-8(15)6-9/h1-6H,(H,16,18). The molecule has 6 heteroatoms. The maximum Gasteiger partial charge on any atom is 0.274 e. The van der Waals surface area contributed by atoms with Gasteiger partial charge in [-0.3, -0.25) is 4.79 Å². The third kappa shape index (κ3) is 3.10. The van der Waals surface area contributed by atoms with Crippen molar-refractivity contribution in [1.29, 1.82) is 0 Å². The van der Waals surface area contributed by atoms with E-state index in [9.17, 15) is 13.6 Å². The van der Waals surface area contributed by atoms with Gasteiger partial charge in [0.05, 0.1) is 0 Å². The van der Waals surface area contributed by atoms with E-state index in [-0.39, 0.29) is 11.4 Å². The van der Waals surface area contributed by atoms with Crippen molar-refractivity contribution in [2.24, 2.45) is 0 Å². The number of halogens is 3. The SMILES string of the molecule is O=C(Nc1cc(F)cc(F)c1)c1cccc(Br)n1. The van der Waals surface area contributed by atoms with Gasteiger partial charge in [0.15, 0.2) is 0 Å². The van der Waals surface area contributed by atoms with Crippen LogP contribution in [0.15, 0.2) is 41.0 Å². The van der Waals surface area contributed by atoms with Crippen LogP contribution in [0.2, 0.25) is 0 Å². The van der Waals surface area contributed by atoms with Gasteiger partial charge in [-0.2, -0.15) is 0 Å². The molecule has 0 fully saturated rings. The lowest BCUT2D eigenvalue weighted by Gasteiger charge is -2.05.